The van der Waals surface area contributed by atoms with Crippen molar-refractivity contribution >= 4 is 11.3 Å². The van der Waals surface area contributed by atoms with Crippen LogP contribution < -0.4 is 4.90 Å². The molecule has 84 valence electrons. The first-order chi connectivity index (χ1) is 7.66. The van der Waals surface area contributed by atoms with E-state index in [0.717, 1.165) is 17.9 Å². The Morgan fingerprint density at radius 2 is 2.31 bits per heavy atom. The summed E-state index contributed by atoms with van der Waals surface area (Å²) in [5.74, 6) is 0. The summed E-state index contributed by atoms with van der Waals surface area (Å²) in [6.07, 6.45) is 5.79. The van der Waals surface area contributed by atoms with Crippen molar-refractivity contribution in [1.29, 1.82) is 0 Å². The smallest absolute Gasteiger partial charge is 0.177 e. The Kier molecular flexibility index (Phi) is 1.89. The lowest BCUT2D eigenvalue weighted by atomic mass is 10.1. The van der Waals surface area contributed by atoms with E-state index in [1.165, 1.54) is 0 Å². The van der Waals surface area contributed by atoms with E-state index in [4.69, 9.17) is 0 Å². The van der Waals surface area contributed by atoms with Crippen LogP contribution in [0.2, 0.25) is 0 Å². The summed E-state index contributed by atoms with van der Waals surface area (Å²) in [5.41, 5.74) is 0.661. The van der Waals surface area contributed by atoms with Gasteiger partial charge in [0.05, 0.1) is 18.4 Å². The Hall–Kier alpha value is -1.65. The van der Waals surface area contributed by atoms with Crippen molar-refractivity contribution in [3.8, 4) is 0 Å². The van der Waals surface area contributed by atoms with Gasteiger partial charge >= 0.3 is 0 Å². The van der Waals surface area contributed by atoms with E-state index < -0.39 is 5.67 Å². The fraction of sp³-hybridized carbons (Fsp3) is 0.455. The number of anilines is 1. The lowest BCUT2D eigenvalue weighted by Crippen LogP contribution is -2.26. The molecule has 1 aliphatic heterocycles. The maximum Gasteiger partial charge on any atom is 0.177 e. The molecule has 1 fully saturated rings. The van der Waals surface area contributed by atoms with Crippen LogP contribution in [0.1, 0.15) is 13.3 Å². The molecule has 0 unspecified atom stereocenters. The highest BCUT2D eigenvalue weighted by molar-refractivity contribution is 5.68. The number of fused-ring (bicyclic) bond motifs is 1. The molecule has 3 heterocycles. The SMILES string of the molecule is C[C@@]1(F)CCN(c2ccnn3ccnc23)C1. The second-order valence-corrected chi connectivity index (χ2v) is 4.50. The standard InChI is InChI=1S/C11H13FN4/c1-11(12)3-6-15(8-11)9-2-4-14-16-7-5-13-10(9)16/h2,4-5,7H,3,6,8H2,1H3/t11-/m1/s1. The normalized spacial score (nSPS) is 25.5. The van der Waals surface area contributed by atoms with Crippen molar-refractivity contribution < 1.29 is 4.39 Å². The summed E-state index contributed by atoms with van der Waals surface area (Å²) in [6, 6.07) is 1.89. The molecule has 1 saturated heterocycles. The summed E-state index contributed by atoms with van der Waals surface area (Å²) in [6.45, 7) is 2.82. The summed E-state index contributed by atoms with van der Waals surface area (Å²) in [4.78, 5) is 6.28. The molecule has 3 rings (SSSR count). The number of hydrogen-bond acceptors (Lipinski definition) is 3. The third-order valence-electron chi connectivity index (χ3n) is 3.04. The number of hydrogen-bond donors (Lipinski definition) is 0. The van der Waals surface area contributed by atoms with Gasteiger partial charge < -0.3 is 4.90 Å². The Morgan fingerprint density at radius 1 is 1.44 bits per heavy atom. The minimum Gasteiger partial charge on any atom is -0.365 e. The Labute approximate surface area is 92.7 Å². The molecule has 4 nitrogen and oxygen atoms in total. The molecule has 1 atom stereocenters. The number of imidazole rings is 1. The third kappa shape index (κ3) is 1.43. The van der Waals surface area contributed by atoms with Gasteiger partial charge in [-0.05, 0) is 13.0 Å². The molecular weight excluding hydrogens is 207 g/mol. The number of rotatable bonds is 1. The summed E-state index contributed by atoms with van der Waals surface area (Å²) >= 11 is 0. The van der Waals surface area contributed by atoms with E-state index >= 15 is 0 Å². The molecule has 16 heavy (non-hydrogen) atoms. The Bertz CT molecular complexity index is 519. The number of halogens is 1. The highest BCUT2D eigenvalue weighted by atomic mass is 19.1. The minimum absolute atomic E-state index is 0.430. The first-order valence-corrected chi connectivity index (χ1v) is 5.38. The monoisotopic (exact) mass is 220 g/mol. The molecule has 2 aromatic rings. The van der Waals surface area contributed by atoms with E-state index in [9.17, 15) is 4.39 Å². The Morgan fingerprint density at radius 3 is 3.06 bits per heavy atom. The average molecular weight is 220 g/mol. The average Bonchev–Trinajstić information content (AvgIpc) is 2.83. The molecule has 2 aromatic heterocycles. The van der Waals surface area contributed by atoms with Crippen LogP contribution in [-0.2, 0) is 0 Å². The fourth-order valence-corrected chi connectivity index (χ4v) is 2.20. The second-order valence-electron chi connectivity index (χ2n) is 4.50. The van der Waals surface area contributed by atoms with Crippen LogP contribution in [0.25, 0.3) is 5.65 Å². The lowest BCUT2D eigenvalue weighted by molar-refractivity contribution is 0.221. The van der Waals surface area contributed by atoms with Crippen LogP contribution >= 0.6 is 0 Å². The number of alkyl halides is 1. The van der Waals surface area contributed by atoms with Crippen molar-refractivity contribution in [1.82, 2.24) is 14.6 Å². The molecule has 0 spiro atoms. The molecule has 0 saturated carbocycles. The van der Waals surface area contributed by atoms with E-state index in [1.807, 2.05) is 11.0 Å². The molecule has 0 bridgehead atoms. The van der Waals surface area contributed by atoms with Crippen LogP contribution in [0.4, 0.5) is 10.1 Å². The van der Waals surface area contributed by atoms with Gasteiger partial charge in [-0.15, -0.1) is 0 Å². The summed E-state index contributed by atoms with van der Waals surface area (Å²) < 4.78 is 15.5. The quantitative estimate of drug-likeness (QED) is 0.733. The van der Waals surface area contributed by atoms with Gasteiger partial charge in [0.25, 0.3) is 0 Å². The van der Waals surface area contributed by atoms with Crippen molar-refractivity contribution in [3.63, 3.8) is 0 Å². The topological polar surface area (TPSA) is 33.4 Å². The van der Waals surface area contributed by atoms with E-state index in [-0.39, 0.29) is 0 Å². The molecule has 0 amide bonds. The van der Waals surface area contributed by atoms with Crippen LogP contribution in [0.15, 0.2) is 24.7 Å². The van der Waals surface area contributed by atoms with Gasteiger partial charge in [0, 0.05) is 25.4 Å². The van der Waals surface area contributed by atoms with E-state index in [2.05, 4.69) is 10.1 Å². The predicted molar refractivity (Wildman–Crippen MR) is 59.3 cm³/mol. The Balaban J connectivity index is 2.03. The second kappa shape index (κ2) is 3.17. The predicted octanol–water partition coefficient (Wildman–Crippen LogP) is 1.67. The molecule has 0 aromatic carbocycles. The third-order valence-corrected chi connectivity index (χ3v) is 3.04. The van der Waals surface area contributed by atoms with Gasteiger partial charge in [-0.2, -0.15) is 5.10 Å². The molecule has 1 aliphatic rings. The van der Waals surface area contributed by atoms with Gasteiger partial charge in [-0.1, -0.05) is 0 Å². The highest BCUT2D eigenvalue weighted by Gasteiger charge is 2.34. The van der Waals surface area contributed by atoms with Gasteiger partial charge in [0.15, 0.2) is 5.65 Å². The first kappa shape index (κ1) is 9.57. The molecule has 0 radical (unpaired) electrons. The van der Waals surface area contributed by atoms with Gasteiger partial charge in [-0.25, -0.2) is 13.9 Å². The fourth-order valence-electron chi connectivity index (χ4n) is 2.20. The molecule has 0 N–H and O–H groups in total. The van der Waals surface area contributed by atoms with Crippen LogP contribution in [0.3, 0.4) is 0 Å². The minimum atomic E-state index is -1.09. The van der Waals surface area contributed by atoms with Crippen molar-refractivity contribution in [3.05, 3.63) is 24.7 Å². The van der Waals surface area contributed by atoms with Crippen molar-refractivity contribution in [2.24, 2.45) is 0 Å². The molecule has 0 aliphatic carbocycles. The largest absolute Gasteiger partial charge is 0.365 e. The van der Waals surface area contributed by atoms with Gasteiger partial charge in [-0.3, -0.25) is 0 Å². The van der Waals surface area contributed by atoms with E-state index in [1.54, 1.807) is 30.0 Å². The lowest BCUT2D eigenvalue weighted by Gasteiger charge is -2.19. The maximum atomic E-state index is 13.8. The molecule has 5 heteroatoms. The maximum absolute atomic E-state index is 13.8. The van der Waals surface area contributed by atoms with Crippen LogP contribution in [0.5, 0.6) is 0 Å². The van der Waals surface area contributed by atoms with Crippen LogP contribution in [0, 0.1) is 0 Å². The number of nitrogens with zero attached hydrogens (tertiary/aromatic N) is 4. The van der Waals surface area contributed by atoms with Crippen molar-refractivity contribution in [2.75, 3.05) is 18.0 Å². The van der Waals surface area contributed by atoms with Gasteiger partial charge in [0.2, 0.25) is 0 Å². The zero-order valence-corrected chi connectivity index (χ0v) is 9.10. The zero-order valence-electron chi connectivity index (χ0n) is 9.10. The summed E-state index contributed by atoms with van der Waals surface area (Å²) in [5, 5.41) is 4.14. The zero-order chi connectivity index (χ0) is 11.2. The van der Waals surface area contributed by atoms with Crippen LogP contribution in [-0.4, -0.2) is 33.4 Å². The summed E-state index contributed by atoms with van der Waals surface area (Å²) in [7, 11) is 0. The first-order valence-electron chi connectivity index (χ1n) is 5.38. The number of aromatic nitrogens is 3. The van der Waals surface area contributed by atoms with Crippen molar-refractivity contribution in [2.45, 2.75) is 19.0 Å². The van der Waals surface area contributed by atoms with E-state index in [0.29, 0.717) is 13.0 Å². The molecular formula is C11H13FN4. The highest BCUT2D eigenvalue weighted by Crippen LogP contribution is 2.30. The van der Waals surface area contributed by atoms with Gasteiger partial charge in [0.1, 0.15) is 5.67 Å².